The van der Waals surface area contributed by atoms with Crippen molar-refractivity contribution in [1.29, 1.82) is 0 Å². The molecule has 7 nitrogen and oxygen atoms in total. The maximum atomic E-state index is 13.0. The average molecular weight is 405 g/mol. The van der Waals surface area contributed by atoms with Gasteiger partial charge in [-0.1, -0.05) is 0 Å². The molecule has 9 heteroatoms. The number of sulfonamides is 1. The molecule has 1 heterocycles. The van der Waals surface area contributed by atoms with E-state index >= 15 is 0 Å². The van der Waals surface area contributed by atoms with Crippen LogP contribution >= 0.6 is 0 Å². The van der Waals surface area contributed by atoms with Crippen molar-refractivity contribution in [3.05, 3.63) is 54.3 Å². The molecule has 0 aliphatic carbocycles. The molecule has 0 aromatic heterocycles. The minimum atomic E-state index is -3.74. The molecule has 1 atom stereocenters. The van der Waals surface area contributed by atoms with Gasteiger partial charge >= 0.3 is 0 Å². The summed E-state index contributed by atoms with van der Waals surface area (Å²) >= 11 is 0. The molecule has 148 valence electrons. The third kappa shape index (κ3) is 4.73. The summed E-state index contributed by atoms with van der Waals surface area (Å²) in [6, 6.07) is 11.4. The zero-order valence-electron chi connectivity index (χ0n) is 15.2. The molecule has 0 spiro atoms. The van der Waals surface area contributed by atoms with Crippen LogP contribution in [-0.2, 0) is 19.6 Å². The van der Waals surface area contributed by atoms with Crippen LogP contribution in [0.15, 0.2) is 53.4 Å². The highest BCUT2D eigenvalue weighted by Gasteiger charge is 2.31. The molecule has 3 rings (SSSR count). The van der Waals surface area contributed by atoms with Gasteiger partial charge in [-0.25, -0.2) is 17.5 Å². The Bertz CT molecular complexity index is 975. The van der Waals surface area contributed by atoms with Crippen molar-refractivity contribution in [2.75, 3.05) is 23.3 Å². The van der Waals surface area contributed by atoms with Crippen LogP contribution in [0.25, 0.3) is 0 Å². The lowest BCUT2D eigenvalue weighted by Crippen LogP contribution is -2.31. The van der Waals surface area contributed by atoms with Crippen LogP contribution in [0.5, 0.6) is 0 Å². The summed E-state index contributed by atoms with van der Waals surface area (Å²) in [4.78, 5) is 24.8. The molecule has 0 bridgehead atoms. The topological polar surface area (TPSA) is 95.6 Å². The van der Waals surface area contributed by atoms with Gasteiger partial charge in [0.1, 0.15) is 5.82 Å². The van der Waals surface area contributed by atoms with Gasteiger partial charge < -0.3 is 10.2 Å². The highest BCUT2D eigenvalue weighted by Crippen LogP contribution is 2.25. The Morgan fingerprint density at radius 3 is 2.39 bits per heavy atom. The van der Waals surface area contributed by atoms with Crippen molar-refractivity contribution in [3.8, 4) is 0 Å². The third-order valence-electron chi connectivity index (χ3n) is 4.39. The highest BCUT2D eigenvalue weighted by molar-refractivity contribution is 7.89. The summed E-state index contributed by atoms with van der Waals surface area (Å²) < 4.78 is 40.5. The number of hydrogen-bond acceptors (Lipinski definition) is 4. The first-order valence-electron chi connectivity index (χ1n) is 8.68. The number of carbonyl (C=O) groups excluding carboxylic acids is 2. The van der Waals surface area contributed by atoms with Gasteiger partial charge in [0.15, 0.2) is 0 Å². The van der Waals surface area contributed by atoms with Crippen molar-refractivity contribution in [1.82, 2.24) is 4.72 Å². The van der Waals surface area contributed by atoms with Gasteiger partial charge in [0.25, 0.3) is 0 Å². The summed E-state index contributed by atoms with van der Waals surface area (Å²) in [5.41, 5.74) is 1.09. The normalized spacial score (nSPS) is 17.0. The SMILES string of the molecule is CC(=O)Nc1ccc(S(=O)(=O)NC[C@H]2CC(=O)N(c3ccc(F)cc3)C2)cc1. The smallest absolute Gasteiger partial charge is 0.240 e. The van der Waals surface area contributed by atoms with E-state index in [1.807, 2.05) is 0 Å². The Hall–Kier alpha value is -2.78. The number of hydrogen-bond donors (Lipinski definition) is 2. The van der Waals surface area contributed by atoms with E-state index in [2.05, 4.69) is 10.0 Å². The summed E-state index contributed by atoms with van der Waals surface area (Å²) in [6.45, 7) is 1.83. The van der Waals surface area contributed by atoms with Crippen LogP contribution in [0.1, 0.15) is 13.3 Å². The zero-order valence-corrected chi connectivity index (χ0v) is 16.0. The van der Waals surface area contributed by atoms with Gasteiger partial charge in [0.2, 0.25) is 21.8 Å². The Kier molecular flexibility index (Phi) is 5.76. The van der Waals surface area contributed by atoms with Gasteiger partial charge in [0.05, 0.1) is 4.90 Å². The highest BCUT2D eigenvalue weighted by atomic mass is 32.2. The quantitative estimate of drug-likeness (QED) is 0.770. The maximum absolute atomic E-state index is 13.0. The second kappa shape index (κ2) is 8.07. The van der Waals surface area contributed by atoms with E-state index in [-0.39, 0.29) is 41.4 Å². The molecule has 1 aliphatic rings. The lowest BCUT2D eigenvalue weighted by atomic mass is 10.1. The Morgan fingerprint density at radius 2 is 1.79 bits per heavy atom. The van der Waals surface area contributed by atoms with Crippen LogP contribution in [0, 0.1) is 11.7 Å². The number of benzene rings is 2. The van der Waals surface area contributed by atoms with Crippen molar-refractivity contribution in [2.24, 2.45) is 5.92 Å². The van der Waals surface area contributed by atoms with E-state index in [1.54, 1.807) is 0 Å². The molecule has 2 aromatic carbocycles. The lowest BCUT2D eigenvalue weighted by Gasteiger charge is -2.17. The molecule has 2 N–H and O–H groups in total. The fraction of sp³-hybridized carbons (Fsp3) is 0.263. The first-order valence-corrected chi connectivity index (χ1v) is 10.2. The molecule has 2 aromatic rings. The molecular formula is C19H20FN3O4S. The van der Waals surface area contributed by atoms with Crippen LogP contribution in [0.2, 0.25) is 0 Å². The summed E-state index contributed by atoms with van der Waals surface area (Å²) in [5, 5.41) is 2.57. The first kappa shape index (κ1) is 20.0. The van der Waals surface area contributed by atoms with E-state index in [9.17, 15) is 22.4 Å². The standard InChI is InChI=1S/C19H20FN3O4S/c1-13(24)22-16-4-8-18(9-5-16)28(26,27)21-11-14-10-19(25)23(12-14)17-6-2-15(20)3-7-17/h2-9,14,21H,10-12H2,1H3,(H,22,24)/t14-/m1/s1. The Labute approximate surface area is 162 Å². The molecule has 0 radical (unpaired) electrons. The van der Waals surface area contributed by atoms with Crippen LogP contribution in [0.3, 0.4) is 0 Å². The largest absolute Gasteiger partial charge is 0.326 e. The molecule has 1 saturated heterocycles. The number of rotatable bonds is 6. The molecule has 1 aliphatic heterocycles. The van der Waals surface area contributed by atoms with Crippen LogP contribution in [-0.4, -0.2) is 33.3 Å². The molecular weight excluding hydrogens is 385 g/mol. The lowest BCUT2D eigenvalue weighted by molar-refractivity contribution is -0.117. The van der Waals surface area contributed by atoms with E-state index in [4.69, 9.17) is 0 Å². The Morgan fingerprint density at radius 1 is 1.14 bits per heavy atom. The van der Waals surface area contributed by atoms with Crippen molar-refractivity contribution >= 4 is 33.2 Å². The first-order chi connectivity index (χ1) is 13.2. The second-order valence-corrected chi connectivity index (χ2v) is 8.38. The van der Waals surface area contributed by atoms with Crippen LogP contribution in [0.4, 0.5) is 15.8 Å². The van der Waals surface area contributed by atoms with Gasteiger partial charge in [-0.3, -0.25) is 9.59 Å². The zero-order chi connectivity index (χ0) is 20.3. The molecule has 28 heavy (non-hydrogen) atoms. The fourth-order valence-electron chi connectivity index (χ4n) is 3.02. The van der Waals surface area contributed by atoms with Crippen LogP contribution < -0.4 is 14.9 Å². The van der Waals surface area contributed by atoms with Crippen molar-refractivity contribution < 1.29 is 22.4 Å². The van der Waals surface area contributed by atoms with E-state index < -0.39 is 10.0 Å². The van der Waals surface area contributed by atoms with Gasteiger partial charge in [-0.15, -0.1) is 0 Å². The fourth-order valence-corrected chi connectivity index (χ4v) is 4.14. The Balaban J connectivity index is 1.61. The van der Waals surface area contributed by atoms with E-state index in [0.717, 1.165) is 0 Å². The van der Waals surface area contributed by atoms with Gasteiger partial charge in [-0.05, 0) is 54.4 Å². The van der Waals surface area contributed by atoms with Gasteiger partial charge in [0, 0.05) is 37.8 Å². The number of carbonyl (C=O) groups is 2. The number of halogens is 1. The predicted octanol–water partition coefficient (Wildman–Crippen LogP) is 2.12. The molecule has 1 fully saturated rings. The third-order valence-corrected chi connectivity index (χ3v) is 5.83. The van der Waals surface area contributed by atoms with E-state index in [1.165, 1.54) is 60.4 Å². The van der Waals surface area contributed by atoms with Gasteiger partial charge in [-0.2, -0.15) is 0 Å². The average Bonchev–Trinajstić information content (AvgIpc) is 3.01. The molecule has 2 amide bonds. The maximum Gasteiger partial charge on any atom is 0.240 e. The number of amides is 2. The predicted molar refractivity (Wildman–Crippen MR) is 103 cm³/mol. The monoisotopic (exact) mass is 405 g/mol. The second-order valence-electron chi connectivity index (χ2n) is 6.61. The molecule has 0 unspecified atom stereocenters. The summed E-state index contributed by atoms with van der Waals surface area (Å²) in [7, 11) is -3.74. The summed E-state index contributed by atoms with van der Waals surface area (Å²) in [5.74, 6) is -0.948. The number of nitrogens with one attached hydrogen (secondary N) is 2. The number of anilines is 2. The minimum Gasteiger partial charge on any atom is -0.326 e. The minimum absolute atomic E-state index is 0.0707. The van der Waals surface area contributed by atoms with E-state index in [0.29, 0.717) is 17.9 Å². The molecule has 0 saturated carbocycles. The van der Waals surface area contributed by atoms with Crippen molar-refractivity contribution in [3.63, 3.8) is 0 Å². The van der Waals surface area contributed by atoms with Crippen molar-refractivity contribution in [2.45, 2.75) is 18.2 Å². The number of nitrogens with zero attached hydrogens (tertiary/aromatic N) is 1. The summed E-state index contributed by atoms with van der Waals surface area (Å²) in [6.07, 6.45) is 0.210.